The van der Waals surface area contributed by atoms with Crippen molar-refractivity contribution in [2.75, 3.05) is 46.0 Å². The van der Waals surface area contributed by atoms with Crippen LogP contribution in [0.25, 0.3) is 0 Å². The van der Waals surface area contributed by atoms with E-state index in [4.69, 9.17) is 4.74 Å². The van der Waals surface area contributed by atoms with E-state index >= 15 is 0 Å². The second kappa shape index (κ2) is 25.2. The van der Waals surface area contributed by atoms with Crippen LogP contribution < -0.4 is 20.4 Å². The fourth-order valence-electron chi connectivity index (χ4n) is 1.52. The Bertz CT molecular complexity index is 243. The molecule has 0 saturated carbocycles. The van der Waals surface area contributed by atoms with Crippen LogP contribution in [0.3, 0.4) is 0 Å². The van der Waals surface area contributed by atoms with Gasteiger partial charge in [-0.3, -0.25) is 0 Å². The van der Waals surface area contributed by atoms with Crippen LogP contribution in [0.5, 0.6) is 0 Å². The maximum absolute atomic E-state index is 10.00. The zero-order chi connectivity index (χ0) is 19.1. The van der Waals surface area contributed by atoms with Crippen LogP contribution in [0.2, 0.25) is 0 Å². The molecule has 0 heterocycles. The Kier molecular flexibility index (Phi) is 30.3. The lowest BCUT2D eigenvalue weighted by Crippen LogP contribution is -2.82. The molecule has 150 valence electrons. The van der Waals surface area contributed by atoms with Gasteiger partial charge in [0.05, 0.1) is 47.2 Å². The van der Waals surface area contributed by atoms with E-state index in [2.05, 4.69) is 49.8 Å². The lowest BCUT2D eigenvalue weighted by atomic mass is 10.2. The molecule has 0 bridgehead atoms. The first-order valence-corrected chi connectivity index (χ1v) is 10.7. The maximum atomic E-state index is 10.00. The molecule has 0 rings (SSSR count). The molecule has 4 N–H and O–H groups in total. The Balaban J connectivity index is -0.000000361. The smallest absolute Gasteiger partial charge is 0.0752 e. The third-order valence-electron chi connectivity index (χ3n) is 2.77. The number of phosphoric ester groups is 1. The molecule has 0 aromatic heterocycles. The second-order valence-electron chi connectivity index (χ2n) is 5.16. The summed E-state index contributed by atoms with van der Waals surface area (Å²) in [6.07, 6.45) is 4.41. The van der Waals surface area contributed by atoms with Crippen LogP contribution in [-0.4, -0.2) is 46.0 Å². The van der Waals surface area contributed by atoms with Gasteiger partial charge in [0.15, 0.2) is 0 Å². The standard InChI is InChI=1S/C8H19O5P.2C4H11N/c1-2-3-4-5-6-12-7-8-13-14(9,10)11;2*1-3-5-4-2/h2-8H2,1H3,(H2,9,10,11);2*5H,3-4H2,1-2H3. The Morgan fingerprint density at radius 1 is 0.750 bits per heavy atom. The average molecular weight is 372 g/mol. The van der Waals surface area contributed by atoms with E-state index < -0.39 is 7.82 Å². The highest BCUT2D eigenvalue weighted by atomic mass is 31.2. The third kappa shape index (κ3) is 43.1. The van der Waals surface area contributed by atoms with Gasteiger partial charge >= 0.3 is 0 Å². The highest BCUT2D eigenvalue weighted by Gasteiger charge is 1.92. The molecule has 0 atom stereocenters. The SMILES string of the molecule is CCCCCCOCCOP(=O)([O-])[O-].CC[NH2+]CC.CC[NH2+]CC. The highest BCUT2D eigenvalue weighted by Crippen LogP contribution is 2.23. The molecule has 0 amide bonds. The van der Waals surface area contributed by atoms with Crippen LogP contribution in [0, 0.1) is 0 Å². The first-order chi connectivity index (χ1) is 11.4. The minimum Gasteiger partial charge on any atom is -0.790 e. The van der Waals surface area contributed by atoms with E-state index in [1.807, 2.05) is 0 Å². The summed E-state index contributed by atoms with van der Waals surface area (Å²) >= 11 is 0. The van der Waals surface area contributed by atoms with Crippen LogP contribution in [0.1, 0.15) is 60.3 Å². The Labute approximate surface area is 149 Å². The van der Waals surface area contributed by atoms with Crippen molar-refractivity contribution in [3.05, 3.63) is 0 Å². The summed E-state index contributed by atoms with van der Waals surface area (Å²) in [7, 11) is -4.81. The van der Waals surface area contributed by atoms with Gasteiger partial charge in [0.25, 0.3) is 0 Å². The van der Waals surface area contributed by atoms with Crippen molar-refractivity contribution in [2.24, 2.45) is 0 Å². The van der Waals surface area contributed by atoms with Gasteiger partial charge in [-0.15, -0.1) is 0 Å². The van der Waals surface area contributed by atoms with Crippen LogP contribution >= 0.6 is 7.82 Å². The van der Waals surface area contributed by atoms with Crippen molar-refractivity contribution in [2.45, 2.75) is 60.3 Å². The topological polar surface area (TPSA) is 115 Å². The van der Waals surface area contributed by atoms with Crippen molar-refractivity contribution >= 4 is 7.82 Å². The number of unbranched alkanes of at least 4 members (excludes halogenated alkanes) is 3. The molecule has 0 fully saturated rings. The molecule has 0 radical (unpaired) electrons. The molecule has 0 aromatic carbocycles. The van der Waals surface area contributed by atoms with Gasteiger partial charge < -0.3 is 34.2 Å². The highest BCUT2D eigenvalue weighted by molar-refractivity contribution is 7.43. The molecule has 0 aliphatic heterocycles. The van der Waals surface area contributed by atoms with Gasteiger partial charge in [-0.2, -0.15) is 0 Å². The first-order valence-electron chi connectivity index (χ1n) is 9.26. The monoisotopic (exact) mass is 372 g/mol. The lowest BCUT2D eigenvalue weighted by Gasteiger charge is -2.28. The van der Waals surface area contributed by atoms with Crippen molar-refractivity contribution in [3.8, 4) is 0 Å². The molecule has 0 aliphatic carbocycles. The van der Waals surface area contributed by atoms with Gasteiger partial charge in [0.2, 0.25) is 0 Å². The molecular weight excluding hydrogens is 331 g/mol. The minimum atomic E-state index is -4.81. The zero-order valence-electron chi connectivity index (χ0n) is 16.4. The number of quaternary nitrogens is 2. The lowest BCUT2D eigenvalue weighted by molar-refractivity contribution is -0.648. The summed E-state index contributed by atoms with van der Waals surface area (Å²) < 4.78 is 19.0. The summed E-state index contributed by atoms with van der Waals surface area (Å²) in [6.45, 7) is 16.2. The Hall–Kier alpha value is -0.0100. The van der Waals surface area contributed by atoms with Crippen LogP contribution in [-0.2, 0) is 13.8 Å². The molecular formula is C16H41N2O5P. The third-order valence-corrected chi connectivity index (χ3v) is 3.27. The Morgan fingerprint density at radius 2 is 1.25 bits per heavy atom. The van der Waals surface area contributed by atoms with Gasteiger partial charge in [0, 0.05) is 6.61 Å². The number of phosphoric acid groups is 1. The average Bonchev–Trinajstić information content (AvgIpc) is 2.52. The summed E-state index contributed by atoms with van der Waals surface area (Å²) in [5.41, 5.74) is 0. The maximum Gasteiger partial charge on any atom is 0.0752 e. The van der Waals surface area contributed by atoms with E-state index in [9.17, 15) is 14.4 Å². The van der Waals surface area contributed by atoms with Crippen molar-refractivity contribution in [3.63, 3.8) is 0 Å². The van der Waals surface area contributed by atoms with E-state index in [0.717, 1.165) is 12.8 Å². The quantitative estimate of drug-likeness (QED) is 0.337. The Morgan fingerprint density at radius 3 is 1.58 bits per heavy atom. The molecule has 0 spiro atoms. The molecule has 7 nitrogen and oxygen atoms in total. The largest absolute Gasteiger partial charge is 0.790 e. The normalized spacial score (nSPS) is 10.5. The van der Waals surface area contributed by atoms with Crippen LogP contribution in [0.4, 0.5) is 0 Å². The number of nitrogens with two attached hydrogens (primary N) is 2. The van der Waals surface area contributed by atoms with Crippen LogP contribution in [0.15, 0.2) is 0 Å². The number of ether oxygens (including phenoxy) is 1. The number of hydrogen-bond donors (Lipinski definition) is 2. The summed E-state index contributed by atoms with van der Waals surface area (Å²) in [6, 6.07) is 0. The summed E-state index contributed by atoms with van der Waals surface area (Å²) in [5, 5.41) is 4.50. The summed E-state index contributed by atoms with van der Waals surface area (Å²) in [4.78, 5) is 20.0. The molecule has 24 heavy (non-hydrogen) atoms. The van der Waals surface area contributed by atoms with Gasteiger partial charge in [-0.1, -0.05) is 26.2 Å². The predicted molar refractivity (Wildman–Crippen MR) is 94.5 cm³/mol. The van der Waals surface area contributed by atoms with E-state index in [0.29, 0.717) is 6.61 Å². The van der Waals surface area contributed by atoms with Crippen molar-refractivity contribution in [1.29, 1.82) is 0 Å². The second-order valence-corrected chi connectivity index (χ2v) is 6.32. The van der Waals surface area contributed by atoms with E-state index in [1.165, 1.54) is 39.0 Å². The number of hydrogen-bond acceptors (Lipinski definition) is 5. The van der Waals surface area contributed by atoms with Crippen molar-refractivity contribution in [1.82, 2.24) is 0 Å². The molecule has 0 aromatic rings. The molecule has 0 unspecified atom stereocenters. The zero-order valence-corrected chi connectivity index (χ0v) is 17.3. The predicted octanol–water partition coefficient (Wildman–Crippen LogP) is -0.392. The summed E-state index contributed by atoms with van der Waals surface area (Å²) in [5.74, 6) is 0. The van der Waals surface area contributed by atoms with Gasteiger partial charge in [-0.05, 0) is 34.1 Å². The molecule has 0 aliphatic rings. The molecule has 8 heteroatoms. The molecule has 0 saturated heterocycles. The van der Waals surface area contributed by atoms with Crippen molar-refractivity contribution < 1.29 is 34.2 Å². The number of rotatable bonds is 13. The van der Waals surface area contributed by atoms with E-state index in [-0.39, 0.29) is 13.2 Å². The van der Waals surface area contributed by atoms with Gasteiger partial charge in [-0.25, -0.2) is 0 Å². The van der Waals surface area contributed by atoms with Gasteiger partial charge in [0.1, 0.15) is 0 Å². The van der Waals surface area contributed by atoms with E-state index in [1.54, 1.807) is 0 Å². The fourth-order valence-corrected chi connectivity index (χ4v) is 1.82. The fraction of sp³-hybridized carbons (Fsp3) is 1.00. The minimum absolute atomic E-state index is 0.153. The first kappa shape index (κ1) is 28.8.